The Morgan fingerprint density at radius 1 is 1.09 bits per heavy atom. The monoisotopic (exact) mass is 302 g/mol. The number of rotatable bonds is 6. The van der Waals surface area contributed by atoms with Gasteiger partial charge >= 0.3 is 0 Å². The Bertz CT molecular complexity index is 657. The number of carbonyl (C=O) groups is 2. The van der Waals surface area contributed by atoms with E-state index in [1.807, 2.05) is 20.8 Å². The molecule has 0 aromatic carbocycles. The molecule has 0 spiro atoms. The van der Waals surface area contributed by atoms with Gasteiger partial charge in [0, 0.05) is 43.4 Å². The van der Waals surface area contributed by atoms with E-state index in [-0.39, 0.29) is 11.8 Å². The molecule has 2 amide bonds. The van der Waals surface area contributed by atoms with Gasteiger partial charge in [0.25, 0.3) is 11.8 Å². The number of aromatic amines is 2. The first kappa shape index (κ1) is 15.9. The number of carbonyl (C=O) groups excluding carboxylic acids is 2. The van der Waals surface area contributed by atoms with E-state index in [1.54, 1.807) is 29.4 Å². The molecule has 22 heavy (non-hydrogen) atoms. The molecule has 2 rings (SSSR count). The van der Waals surface area contributed by atoms with Crippen molar-refractivity contribution in [3.63, 3.8) is 0 Å². The molecule has 0 atom stereocenters. The van der Waals surface area contributed by atoms with Crippen LogP contribution in [0.4, 0.5) is 0 Å². The van der Waals surface area contributed by atoms with Crippen molar-refractivity contribution in [3.05, 3.63) is 47.0 Å². The molecule has 2 aromatic heterocycles. The van der Waals surface area contributed by atoms with Crippen LogP contribution in [0.5, 0.6) is 0 Å². The normalized spacial score (nSPS) is 10.5. The Balaban J connectivity index is 1.89. The van der Waals surface area contributed by atoms with Gasteiger partial charge in [-0.3, -0.25) is 9.59 Å². The van der Waals surface area contributed by atoms with Crippen LogP contribution < -0.4 is 5.32 Å². The van der Waals surface area contributed by atoms with E-state index in [9.17, 15) is 9.59 Å². The second-order valence-electron chi connectivity index (χ2n) is 5.17. The number of aromatic nitrogens is 2. The van der Waals surface area contributed by atoms with Crippen LogP contribution in [0.2, 0.25) is 0 Å². The molecule has 0 saturated heterocycles. The summed E-state index contributed by atoms with van der Waals surface area (Å²) in [7, 11) is 0. The molecule has 6 nitrogen and oxygen atoms in total. The average molecular weight is 302 g/mol. The van der Waals surface area contributed by atoms with Gasteiger partial charge in [0.15, 0.2) is 0 Å². The fourth-order valence-electron chi connectivity index (χ4n) is 2.36. The molecule has 0 aliphatic carbocycles. The third-order valence-electron chi connectivity index (χ3n) is 3.72. The zero-order chi connectivity index (χ0) is 16.1. The summed E-state index contributed by atoms with van der Waals surface area (Å²) in [4.78, 5) is 32.1. The summed E-state index contributed by atoms with van der Waals surface area (Å²) >= 11 is 0. The number of aryl methyl sites for hydroxylation is 2. The molecule has 0 fully saturated rings. The van der Waals surface area contributed by atoms with E-state index < -0.39 is 0 Å². The van der Waals surface area contributed by atoms with Gasteiger partial charge in [-0.25, -0.2) is 0 Å². The summed E-state index contributed by atoms with van der Waals surface area (Å²) in [5, 5.41) is 2.84. The highest BCUT2D eigenvalue weighted by Crippen LogP contribution is 2.09. The van der Waals surface area contributed by atoms with Crippen LogP contribution in [0.15, 0.2) is 24.5 Å². The lowest BCUT2D eigenvalue weighted by Gasteiger charge is -2.21. The molecular formula is C16H22N4O2. The lowest BCUT2D eigenvalue weighted by atomic mass is 10.2. The largest absolute Gasteiger partial charge is 0.365 e. The van der Waals surface area contributed by atoms with Gasteiger partial charge in [-0.05, 0) is 32.9 Å². The van der Waals surface area contributed by atoms with Crippen LogP contribution in [-0.4, -0.2) is 46.3 Å². The highest BCUT2D eigenvalue weighted by Gasteiger charge is 2.17. The molecule has 0 unspecified atom stereocenters. The lowest BCUT2D eigenvalue weighted by molar-refractivity contribution is 0.0756. The van der Waals surface area contributed by atoms with Gasteiger partial charge in [-0.1, -0.05) is 0 Å². The highest BCUT2D eigenvalue weighted by atomic mass is 16.2. The first-order chi connectivity index (χ1) is 10.5. The molecule has 0 radical (unpaired) electrons. The third-order valence-corrected chi connectivity index (χ3v) is 3.72. The minimum Gasteiger partial charge on any atom is -0.365 e. The molecule has 2 aromatic rings. The van der Waals surface area contributed by atoms with Crippen molar-refractivity contribution in [2.75, 3.05) is 19.6 Å². The molecule has 0 aliphatic rings. The van der Waals surface area contributed by atoms with Crippen LogP contribution in [0, 0.1) is 13.8 Å². The van der Waals surface area contributed by atoms with Crippen LogP contribution >= 0.6 is 0 Å². The second-order valence-corrected chi connectivity index (χ2v) is 5.17. The number of likely N-dealkylation sites (N-methyl/N-ethyl adjacent to an activating group) is 1. The van der Waals surface area contributed by atoms with Crippen molar-refractivity contribution >= 4 is 11.8 Å². The average Bonchev–Trinajstić information content (AvgIpc) is 3.11. The molecule has 6 heteroatoms. The van der Waals surface area contributed by atoms with E-state index in [0.29, 0.717) is 30.8 Å². The standard InChI is InChI=1S/C16H22N4O2/c1-4-20(16(22)14-6-8-18-12(14)3)10-9-19-15(21)13-5-7-17-11(13)2/h5-8,17-18H,4,9-10H2,1-3H3,(H,19,21). The maximum Gasteiger partial charge on any atom is 0.255 e. The van der Waals surface area contributed by atoms with E-state index in [0.717, 1.165) is 11.4 Å². The van der Waals surface area contributed by atoms with Crippen molar-refractivity contribution in [2.24, 2.45) is 0 Å². The fraction of sp³-hybridized carbons (Fsp3) is 0.375. The van der Waals surface area contributed by atoms with Crippen LogP contribution in [0.3, 0.4) is 0 Å². The molecule has 0 bridgehead atoms. The molecule has 0 saturated carbocycles. The number of hydrogen-bond acceptors (Lipinski definition) is 2. The van der Waals surface area contributed by atoms with E-state index in [2.05, 4.69) is 15.3 Å². The van der Waals surface area contributed by atoms with Crippen molar-refractivity contribution < 1.29 is 9.59 Å². The zero-order valence-corrected chi connectivity index (χ0v) is 13.2. The molecular weight excluding hydrogens is 280 g/mol. The summed E-state index contributed by atoms with van der Waals surface area (Å²) in [6.45, 7) is 7.16. The van der Waals surface area contributed by atoms with Crippen LogP contribution in [0.25, 0.3) is 0 Å². The van der Waals surface area contributed by atoms with Gasteiger partial charge < -0.3 is 20.2 Å². The van der Waals surface area contributed by atoms with Crippen LogP contribution in [-0.2, 0) is 0 Å². The Hall–Kier alpha value is -2.50. The molecule has 3 N–H and O–H groups in total. The zero-order valence-electron chi connectivity index (χ0n) is 13.2. The van der Waals surface area contributed by atoms with Gasteiger partial charge in [0.05, 0.1) is 11.1 Å². The Morgan fingerprint density at radius 3 is 2.18 bits per heavy atom. The predicted molar refractivity (Wildman–Crippen MR) is 85.0 cm³/mol. The predicted octanol–water partition coefficient (Wildman–Crippen LogP) is 1.85. The first-order valence-electron chi connectivity index (χ1n) is 7.40. The summed E-state index contributed by atoms with van der Waals surface area (Å²) in [5.41, 5.74) is 3.00. The molecule has 2 heterocycles. The summed E-state index contributed by atoms with van der Waals surface area (Å²) < 4.78 is 0. The maximum atomic E-state index is 12.4. The third kappa shape index (κ3) is 3.39. The Kier molecular flexibility index (Phi) is 5.04. The van der Waals surface area contributed by atoms with E-state index in [4.69, 9.17) is 0 Å². The van der Waals surface area contributed by atoms with Gasteiger partial charge in [-0.15, -0.1) is 0 Å². The Morgan fingerprint density at radius 2 is 1.68 bits per heavy atom. The number of nitrogens with zero attached hydrogens (tertiary/aromatic N) is 1. The number of H-pyrrole nitrogens is 2. The van der Waals surface area contributed by atoms with Gasteiger partial charge in [-0.2, -0.15) is 0 Å². The maximum absolute atomic E-state index is 12.4. The fourth-order valence-corrected chi connectivity index (χ4v) is 2.36. The number of nitrogens with one attached hydrogen (secondary N) is 3. The summed E-state index contributed by atoms with van der Waals surface area (Å²) in [6.07, 6.45) is 3.49. The lowest BCUT2D eigenvalue weighted by Crippen LogP contribution is -2.38. The summed E-state index contributed by atoms with van der Waals surface area (Å²) in [6, 6.07) is 3.53. The SMILES string of the molecule is CCN(CCNC(=O)c1cc[nH]c1C)C(=O)c1cc[nH]c1C. The van der Waals surface area contributed by atoms with Crippen molar-refractivity contribution in [1.82, 2.24) is 20.2 Å². The molecule has 0 aliphatic heterocycles. The van der Waals surface area contributed by atoms with Crippen molar-refractivity contribution in [2.45, 2.75) is 20.8 Å². The van der Waals surface area contributed by atoms with E-state index >= 15 is 0 Å². The number of amides is 2. The summed E-state index contributed by atoms with van der Waals surface area (Å²) in [5.74, 6) is -0.145. The minimum atomic E-state index is -0.125. The topological polar surface area (TPSA) is 81.0 Å². The van der Waals surface area contributed by atoms with Crippen molar-refractivity contribution in [3.8, 4) is 0 Å². The van der Waals surface area contributed by atoms with Gasteiger partial charge in [0.2, 0.25) is 0 Å². The van der Waals surface area contributed by atoms with Crippen LogP contribution in [0.1, 0.15) is 39.0 Å². The smallest absolute Gasteiger partial charge is 0.255 e. The second kappa shape index (κ2) is 6.98. The Labute approximate surface area is 129 Å². The van der Waals surface area contributed by atoms with Gasteiger partial charge in [0.1, 0.15) is 0 Å². The minimum absolute atomic E-state index is 0.0201. The number of hydrogen-bond donors (Lipinski definition) is 3. The van der Waals surface area contributed by atoms with Crippen molar-refractivity contribution in [1.29, 1.82) is 0 Å². The first-order valence-corrected chi connectivity index (χ1v) is 7.40. The highest BCUT2D eigenvalue weighted by molar-refractivity contribution is 5.96. The quantitative estimate of drug-likeness (QED) is 0.761. The molecule has 118 valence electrons. The van der Waals surface area contributed by atoms with E-state index in [1.165, 1.54) is 0 Å².